The van der Waals surface area contributed by atoms with Crippen molar-refractivity contribution in [3.05, 3.63) is 58.9 Å². The van der Waals surface area contributed by atoms with E-state index >= 15 is 0 Å². The van der Waals surface area contributed by atoms with Gasteiger partial charge in [0.15, 0.2) is 0 Å². The number of aromatic hydroxyl groups is 1. The van der Waals surface area contributed by atoms with E-state index < -0.39 is 6.10 Å². The summed E-state index contributed by atoms with van der Waals surface area (Å²) in [6.45, 7) is 1.85. The van der Waals surface area contributed by atoms with Crippen LogP contribution in [0.25, 0.3) is 11.0 Å². The minimum absolute atomic E-state index is 0.00469. The van der Waals surface area contributed by atoms with E-state index in [1.807, 2.05) is 48.9 Å². The summed E-state index contributed by atoms with van der Waals surface area (Å²) in [6.07, 6.45) is 0.0732. The van der Waals surface area contributed by atoms with Gasteiger partial charge in [0.25, 0.3) is 5.91 Å². The van der Waals surface area contributed by atoms with Crippen LogP contribution >= 0.6 is 0 Å². The van der Waals surface area contributed by atoms with Crippen LogP contribution in [0.15, 0.2) is 36.4 Å². The van der Waals surface area contributed by atoms with Crippen LogP contribution in [0.5, 0.6) is 5.75 Å². The fraction of sp³-hybridized carbons (Fsp3) is 0.300. The number of benzene rings is 2. The van der Waals surface area contributed by atoms with Crippen LogP contribution < -0.4 is 5.32 Å². The molecule has 0 saturated carbocycles. The number of rotatable bonds is 5. The molecule has 0 fully saturated rings. The summed E-state index contributed by atoms with van der Waals surface area (Å²) in [5.41, 5.74) is 2.89. The maximum Gasteiger partial charge on any atom is 0.251 e. The Kier molecular flexibility index (Phi) is 4.95. The Labute approximate surface area is 152 Å². The van der Waals surface area contributed by atoms with Crippen molar-refractivity contribution >= 4 is 16.9 Å². The molecule has 3 N–H and O–H groups in total. The molecule has 0 radical (unpaired) electrons. The molecule has 0 aliphatic carbocycles. The SMILES string of the molecule is CNC(=O)c1cc2c(nc(C)n2C)c(O)c1CCC(O)c1ccccc1. The summed E-state index contributed by atoms with van der Waals surface area (Å²) in [7, 11) is 3.40. The van der Waals surface area contributed by atoms with Crippen molar-refractivity contribution < 1.29 is 15.0 Å². The number of aromatic nitrogens is 2. The predicted molar refractivity (Wildman–Crippen MR) is 100 cm³/mol. The number of amides is 1. The molecule has 1 aromatic heterocycles. The van der Waals surface area contributed by atoms with E-state index in [9.17, 15) is 15.0 Å². The number of aliphatic hydroxyl groups excluding tert-OH is 1. The quantitative estimate of drug-likeness (QED) is 0.658. The largest absolute Gasteiger partial charge is 0.505 e. The topological polar surface area (TPSA) is 87.4 Å². The number of nitrogens with one attached hydrogen (secondary N) is 1. The Bertz CT molecular complexity index is 948. The van der Waals surface area contributed by atoms with Gasteiger partial charge in [0, 0.05) is 25.2 Å². The Hall–Kier alpha value is -2.86. The van der Waals surface area contributed by atoms with Gasteiger partial charge in [0.2, 0.25) is 0 Å². The standard InChI is InChI=1S/C20H23N3O3/c1-12-22-18-16(23(12)3)11-15(20(26)21-2)14(19(18)25)9-10-17(24)13-7-5-4-6-8-13/h4-8,11,17,24-25H,9-10H2,1-3H3,(H,21,26). The number of hydrogen-bond donors (Lipinski definition) is 3. The average molecular weight is 353 g/mol. The Morgan fingerprint density at radius 3 is 2.65 bits per heavy atom. The Morgan fingerprint density at radius 2 is 2.00 bits per heavy atom. The number of imidazole rings is 1. The van der Waals surface area contributed by atoms with Crippen molar-refractivity contribution in [1.29, 1.82) is 0 Å². The molecular weight excluding hydrogens is 330 g/mol. The molecule has 1 amide bonds. The number of aliphatic hydroxyl groups is 1. The van der Waals surface area contributed by atoms with Crippen LogP contribution in [0, 0.1) is 6.92 Å². The first-order valence-corrected chi connectivity index (χ1v) is 8.57. The Morgan fingerprint density at radius 1 is 1.31 bits per heavy atom. The lowest BCUT2D eigenvalue weighted by molar-refractivity contribution is 0.0961. The number of carbonyl (C=O) groups is 1. The van der Waals surface area contributed by atoms with Crippen molar-refractivity contribution in [2.24, 2.45) is 7.05 Å². The number of carbonyl (C=O) groups excluding carboxylic acids is 1. The number of aryl methyl sites for hydroxylation is 2. The van der Waals surface area contributed by atoms with Gasteiger partial charge < -0.3 is 20.1 Å². The van der Waals surface area contributed by atoms with E-state index in [1.54, 1.807) is 13.1 Å². The molecule has 6 heteroatoms. The summed E-state index contributed by atoms with van der Waals surface area (Å²) in [5.74, 6) is 0.481. The van der Waals surface area contributed by atoms with Crippen LogP contribution in [-0.4, -0.2) is 32.7 Å². The fourth-order valence-electron chi connectivity index (χ4n) is 3.17. The molecule has 1 atom stereocenters. The lowest BCUT2D eigenvalue weighted by Gasteiger charge is -2.15. The van der Waals surface area contributed by atoms with Gasteiger partial charge >= 0.3 is 0 Å². The maximum absolute atomic E-state index is 12.3. The van der Waals surface area contributed by atoms with Gasteiger partial charge in [0.1, 0.15) is 17.1 Å². The van der Waals surface area contributed by atoms with Crippen molar-refractivity contribution in [3.8, 4) is 5.75 Å². The smallest absolute Gasteiger partial charge is 0.251 e. The molecule has 3 rings (SSSR count). The summed E-state index contributed by atoms with van der Waals surface area (Å²) >= 11 is 0. The molecule has 0 spiro atoms. The van der Waals surface area contributed by atoms with Gasteiger partial charge in [-0.1, -0.05) is 30.3 Å². The predicted octanol–water partition coefficient (Wildman–Crippen LogP) is 2.61. The van der Waals surface area contributed by atoms with Crippen molar-refractivity contribution in [2.45, 2.75) is 25.9 Å². The van der Waals surface area contributed by atoms with Crippen LogP contribution in [0.3, 0.4) is 0 Å². The first-order valence-electron chi connectivity index (χ1n) is 8.57. The van der Waals surface area contributed by atoms with Crippen molar-refractivity contribution in [2.75, 3.05) is 7.05 Å². The third kappa shape index (κ3) is 3.15. The van der Waals surface area contributed by atoms with Crippen LogP contribution in [0.4, 0.5) is 0 Å². The van der Waals surface area contributed by atoms with E-state index in [-0.39, 0.29) is 11.7 Å². The van der Waals surface area contributed by atoms with Crippen molar-refractivity contribution in [3.63, 3.8) is 0 Å². The van der Waals surface area contributed by atoms with Crippen LogP contribution in [-0.2, 0) is 13.5 Å². The second-order valence-electron chi connectivity index (χ2n) is 6.38. The van der Waals surface area contributed by atoms with E-state index in [2.05, 4.69) is 10.3 Å². The van der Waals surface area contributed by atoms with E-state index in [1.165, 1.54) is 0 Å². The highest BCUT2D eigenvalue weighted by Crippen LogP contribution is 2.34. The normalized spacial score (nSPS) is 12.3. The van der Waals surface area contributed by atoms with Crippen molar-refractivity contribution in [1.82, 2.24) is 14.9 Å². The monoisotopic (exact) mass is 353 g/mol. The number of fused-ring (bicyclic) bond motifs is 1. The molecule has 6 nitrogen and oxygen atoms in total. The van der Waals surface area contributed by atoms with Gasteiger partial charge in [-0.2, -0.15) is 0 Å². The molecule has 26 heavy (non-hydrogen) atoms. The molecule has 0 bridgehead atoms. The van der Waals surface area contributed by atoms with Gasteiger partial charge in [-0.15, -0.1) is 0 Å². The lowest BCUT2D eigenvalue weighted by Crippen LogP contribution is -2.20. The molecular formula is C20H23N3O3. The molecule has 1 heterocycles. The van der Waals surface area contributed by atoms with Gasteiger partial charge in [0.05, 0.1) is 11.6 Å². The number of phenolic OH excluding ortho intramolecular Hbond substituents is 1. The minimum Gasteiger partial charge on any atom is -0.505 e. The summed E-state index contributed by atoms with van der Waals surface area (Å²) in [5, 5.41) is 23.8. The van der Waals surface area contributed by atoms with Gasteiger partial charge in [-0.3, -0.25) is 4.79 Å². The lowest BCUT2D eigenvalue weighted by atomic mass is 9.96. The van der Waals surface area contributed by atoms with Gasteiger partial charge in [-0.05, 0) is 31.4 Å². The van der Waals surface area contributed by atoms with Crippen LogP contribution in [0.1, 0.15) is 39.8 Å². The average Bonchev–Trinajstić information content (AvgIpc) is 2.95. The zero-order chi connectivity index (χ0) is 18.8. The molecule has 136 valence electrons. The second-order valence-corrected chi connectivity index (χ2v) is 6.38. The summed E-state index contributed by atoms with van der Waals surface area (Å²) in [4.78, 5) is 16.8. The summed E-state index contributed by atoms with van der Waals surface area (Å²) < 4.78 is 1.84. The first-order chi connectivity index (χ1) is 12.4. The van der Waals surface area contributed by atoms with Gasteiger partial charge in [-0.25, -0.2) is 4.98 Å². The second kappa shape index (κ2) is 7.17. The number of nitrogens with zero attached hydrogens (tertiary/aromatic N) is 2. The van der Waals surface area contributed by atoms with E-state index in [4.69, 9.17) is 0 Å². The molecule has 1 unspecified atom stereocenters. The number of phenols is 1. The zero-order valence-corrected chi connectivity index (χ0v) is 15.2. The summed E-state index contributed by atoms with van der Waals surface area (Å²) in [6, 6.07) is 11.1. The van der Waals surface area contributed by atoms with E-state index in [0.717, 1.165) is 11.4 Å². The highest BCUT2D eigenvalue weighted by molar-refractivity contribution is 6.01. The van der Waals surface area contributed by atoms with E-state index in [0.29, 0.717) is 35.0 Å². The number of hydrogen-bond acceptors (Lipinski definition) is 4. The molecule has 0 saturated heterocycles. The highest BCUT2D eigenvalue weighted by Gasteiger charge is 2.21. The zero-order valence-electron chi connectivity index (χ0n) is 15.2. The molecule has 0 aliphatic rings. The maximum atomic E-state index is 12.3. The first kappa shape index (κ1) is 17.9. The molecule has 0 aliphatic heterocycles. The highest BCUT2D eigenvalue weighted by atomic mass is 16.3. The molecule has 3 aromatic rings. The fourth-order valence-corrected chi connectivity index (χ4v) is 3.17. The third-order valence-electron chi connectivity index (χ3n) is 4.80. The van der Waals surface area contributed by atoms with Crippen LogP contribution in [0.2, 0.25) is 0 Å². The molecule has 2 aromatic carbocycles. The third-order valence-corrected chi connectivity index (χ3v) is 4.80. The minimum atomic E-state index is -0.672. The Balaban J connectivity index is 2.00.